The molecule has 0 spiro atoms. The summed E-state index contributed by atoms with van der Waals surface area (Å²) in [4.78, 5) is 30.1. The van der Waals surface area contributed by atoms with Crippen molar-refractivity contribution < 1.29 is 19.2 Å². The quantitative estimate of drug-likeness (QED) is 0.781. The highest BCUT2D eigenvalue weighted by Gasteiger charge is 2.08. The molecule has 0 fully saturated rings. The average Bonchev–Trinajstić information content (AvgIpc) is 2.89. The van der Waals surface area contributed by atoms with Crippen LogP contribution in [-0.2, 0) is 11.3 Å². The molecular formula is C13H12N4O4. The zero-order chi connectivity index (χ0) is 15.2. The number of carbonyl (C=O) groups is 2. The Morgan fingerprint density at radius 1 is 1.43 bits per heavy atom. The Labute approximate surface area is 119 Å². The monoisotopic (exact) mass is 288 g/mol. The highest BCUT2D eigenvalue weighted by Crippen LogP contribution is 2.03. The number of aryl methyl sites for hydroxylation is 1. The molecule has 108 valence electrons. The number of carbonyl (C=O) groups excluding carboxylic acids is 1. The van der Waals surface area contributed by atoms with E-state index in [-0.39, 0.29) is 18.1 Å². The molecule has 0 aromatic carbocycles. The minimum atomic E-state index is -1.05. The second-order valence-corrected chi connectivity index (χ2v) is 4.06. The van der Waals surface area contributed by atoms with Gasteiger partial charge in [-0.3, -0.25) is 9.78 Å². The van der Waals surface area contributed by atoms with Gasteiger partial charge in [0.1, 0.15) is 5.69 Å². The number of hydrogen-bond acceptors (Lipinski definition) is 6. The van der Waals surface area contributed by atoms with E-state index >= 15 is 0 Å². The lowest BCUT2D eigenvalue weighted by Gasteiger charge is -2.02. The Bertz CT molecular complexity index is 676. The molecule has 0 unspecified atom stereocenters. The molecule has 0 saturated carbocycles. The molecule has 0 bridgehead atoms. The van der Waals surface area contributed by atoms with Crippen molar-refractivity contribution in [2.24, 2.45) is 0 Å². The SMILES string of the molecule is Cc1nc(CNC(=O)c2ccc(/C=C/C(=O)O)cn2)no1. The van der Waals surface area contributed by atoms with Crippen molar-refractivity contribution >= 4 is 18.0 Å². The van der Waals surface area contributed by atoms with Crippen LogP contribution in [0.1, 0.15) is 27.8 Å². The van der Waals surface area contributed by atoms with Crippen molar-refractivity contribution in [1.82, 2.24) is 20.4 Å². The van der Waals surface area contributed by atoms with Gasteiger partial charge in [0.25, 0.3) is 5.91 Å². The number of amides is 1. The van der Waals surface area contributed by atoms with Crippen LogP contribution in [0.2, 0.25) is 0 Å². The third kappa shape index (κ3) is 4.23. The molecule has 2 rings (SSSR count). The number of aliphatic carboxylic acids is 1. The van der Waals surface area contributed by atoms with E-state index < -0.39 is 5.97 Å². The van der Waals surface area contributed by atoms with Gasteiger partial charge in [-0.15, -0.1) is 0 Å². The number of carboxylic acid groups (broad SMARTS) is 1. The lowest BCUT2D eigenvalue weighted by molar-refractivity contribution is -0.131. The Morgan fingerprint density at radius 3 is 2.81 bits per heavy atom. The molecule has 2 aromatic heterocycles. The van der Waals surface area contributed by atoms with Crippen LogP contribution >= 0.6 is 0 Å². The van der Waals surface area contributed by atoms with Gasteiger partial charge in [0.05, 0.1) is 6.54 Å². The Hall–Kier alpha value is -3.03. The van der Waals surface area contributed by atoms with Crippen molar-refractivity contribution in [3.8, 4) is 0 Å². The molecule has 0 aliphatic heterocycles. The van der Waals surface area contributed by atoms with E-state index in [4.69, 9.17) is 9.63 Å². The Kier molecular flexibility index (Phi) is 4.39. The summed E-state index contributed by atoms with van der Waals surface area (Å²) in [6.07, 6.45) is 3.79. The average molecular weight is 288 g/mol. The summed E-state index contributed by atoms with van der Waals surface area (Å²) < 4.78 is 4.78. The summed E-state index contributed by atoms with van der Waals surface area (Å²) in [6, 6.07) is 3.10. The lowest BCUT2D eigenvalue weighted by atomic mass is 10.2. The first-order valence-electron chi connectivity index (χ1n) is 5.99. The van der Waals surface area contributed by atoms with Crippen LogP contribution in [0, 0.1) is 6.92 Å². The molecule has 0 aliphatic carbocycles. The van der Waals surface area contributed by atoms with E-state index in [9.17, 15) is 9.59 Å². The summed E-state index contributed by atoms with van der Waals surface area (Å²) in [7, 11) is 0. The van der Waals surface area contributed by atoms with Crippen molar-refractivity contribution in [2.75, 3.05) is 0 Å². The van der Waals surface area contributed by atoms with E-state index in [0.29, 0.717) is 17.3 Å². The fourth-order valence-electron chi connectivity index (χ4n) is 1.47. The third-order valence-corrected chi connectivity index (χ3v) is 2.41. The third-order valence-electron chi connectivity index (χ3n) is 2.41. The number of hydrogen-bond donors (Lipinski definition) is 2. The van der Waals surface area contributed by atoms with Gasteiger partial charge < -0.3 is 14.9 Å². The smallest absolute Gasteiger partial charge is 0.328 e. The first-order chi connectivity index (χ1) is 10.0. The van der Waals surface area contributed by atoms with Gasteiger partial charge in [-0.25, -0.2) is 4.79 Å². The molecule has 0 saturated heterocycles. The molecule has 0 radical (unpaired) electrons. The fourth-order valence-corrected chi connectivity index (χ4v) is 1.47. The number of rotatable bonds is 5. The van der Waals surface area contributed by atoms with Crippen LogP contribution in [0.5, 0.6) is 0 Å². The second kappa shape index (κ2) is 6.42. The van der Waals surface area contributed by atoms with E-state index in [1.807, 2.05) is 0 Å². The molecule has 2 heterocycles. The molecule has 1 amide bonds. The summed E-state index contributed by atoms with van der Waals surface area (Å²) in [5.74, 6) is -0.632. The zero-order valence-corrected chi connectivity index (χ0v) is 11.1. The predicted molar refractivity (Wildman–Crippen MR) is 71.1 cm³/mol. The maximum Gasteiger partial charge on any atom is 0.328 e. The van der Waals surface area contributed by atoms with Gasteiger partial charge >= 0.3 is 5.97 Å². The molecule has 8 nitrogen and oxygen atoms in total. The summed E-state index contributed by atoms with van der Waals surface area (Å²) in [5.41, 5.74) is 0.797. The maximum absolute atomic E-state index is 11.8. The van der Waals surface area contributed by atoms with Crippen LogP contribution < -0.4 is 5.32 Å². The maximum atomic E-state index is 11.8. The van der Waals surface area contributed by atoms with Crippen molar-refractivity contribution in [3.63, 3.8) is 0 Å². The number of carboxylic acids is 1. The Balaban J connectivity index is 1.95. The molecule has 8 heteroatoms. The zero-order valence-electron chi connectivity index (χ0n) is 11.1. The standard InChI is InChI=1S/C13H12N4O4/c1-8-16-11(17-21-8)7-15-13(20)10-4-2-9(6-14-10)3-5-12(18)19/h2-6H,7H2,1H3,(H,15,20)(H,18,19)/b5-3+. The van der Waals surface area contributed by atoms with E-state index in [2.05, 4.69) is 20.4 Å². The molecule has 0 atom stereocenters. The molecule has 2 aromatic rings. The minimum absolute atomic E-state index is 0.137. The van der Waals surface area contributed by atoms with Crippen molar-refractivity contribution in [2.45, 2.75) is 13.5 Å². The molecule has 21 heavy (non-hydrogen) atoms. The van der Waals surface area contributed by atoms with Gasteiger partial charge in [0, 0.05) is 19.2 Å². The van der Waals surface area contributed by atoms with Gasteiger partial charge in [-0.05, 0) is 17.7 Å². The van der Waals surface area contributed by atoms with E-state index in [0.717, 1.165) is 6.08 Å². The Morgan fingerprint density at radius 2 is 2.24 bits per heavy atom. The topological polar surface area (TPSA) is 118 Å². The minimum Gasteiger partial charge on any atom is -0.478 e. The van der Waals surface area contributed by atoms with Gasteiger partial charge in [0.15, 0.2) is 5.82 Å². The highest BCUT2D eigenvalue weighted by molar-refractivity contribution is 5.92. The van der Waals surface area contributed by atoms with Crippen molar-refractivity contribution in [3.05, 3.63) is 47.4 Å². The van der Waals surface area contributed by atoms with Crippen LogP contribution in [0.25, 0.3) is 6.08 Å². The number of nitrogens with zero attached hydrogens (tertiary/aromatic N) is 3. The molecule has 2 N–H and O–H groups in total. The van der Waals surface area contributed by atoms with Crippen LogP contribution in [0.4, 0.5) is 0 Å². The fraction of sp³-hybridized carbons (Fsp3) is 0.154. The summed E-state index contributed by atoms with van der Waals surface area (Å²) >= 11 is 0. The second-order valence-electron chi connectivity index (χ2n) is 4.06. The first kappa shape index (κ1) is 14.4. The lowest BCUT2D eigenvalue weighted by Crippen LogP contribution is -2.24. The van der Waals surface area contributed by atoms with E-state index in [1.54, 1.807) is 13.0 Å². The predicted octanol–water partition coefficient (Wildman–Crippen LogP) is 0.801. The van der Waals surface area contributed by atoms with Crippen LogP contribution in [0.3, 0.4) is 0 Å². The largest absolute Gasteiger partial charge is 0.478 e. The van der Waals surface area contributed by atoms with Crippen LogP contribution in [0.15, 0.2) is 28.9 Å². The van der Waals surface area contributed by atoms with Gasteiger partial charge in [-0.2, -0.15) is 4.98 Å². The summed E-state index contributed by atoms with van der Waals surface area (Å²) in [6.45, 7) is 1.79. The number of pyridine rings is 1. The summed E-state index contributed by atoms with van der Waals surface area (Å²) in [5, 5.41) is 14.8. The highest BCUT2D eigenvalue weighted by atomic mass is 16.5. The van der Waals surface area contributed by atoms with Crippen LogP contribution in [-0.4, -0.2) is 32.1 Å². The van der Waals surface area contributed by atoms with Gasteiger partial charge in [0.2, 0.25) is 5.89 Å². The number of nitrogens with one attached hydrogen (secondary N) is 1. The molecular weight excluding hydrogens is 276 g/mol. The molecule has 0 aliphatic rings. The first-order valence-corrected chi connectivity index (χ1v) is 5.99. The normalized spacial score (nSPS) is 10.7. The number of aromatic nitrogens is 3. The van der Waals surface area contributed by atoms with Crippen molar-refractivity contribution in [1.29, 1.82) is 0 Å². The van der Waals surface area contributed by atoms with E-state index in [1.165, 1.54) is 18.3 Å². The van der Waals surface area contributed by atoms with Gasteiger partial charge in [-0.1, -0.05) is 11.2 Å².